The average Bonchev–Trinajstić information content (AvgIpc) is 2.54. The number of unbranched alkanes of at least 4 members (excludes halogenated alkanes) is 1. The number of halogens is 4. The molecule has 1 saturated carbocycles. The summed E-state index contributed by atoms with van der Waals surface area (Å²) in [5, 5.41) is 4.77. The first-order chi connectivity index (χ1) is 11.1. The first kappa shape index (κ1) is 21.1. The van der Waals surface area contributed by atoms with E-state index in [1.54, 1.807) is 0 Å². The summed E-state index contributed by atoms with van der Waals surface area (Å²) < 4.78 is 57.5. The highest BCUT2D eigenvalue weighted by atomic mass is 32.2. The number of aliphatic carboxylic acids is 1. The lowest BCUT2D eigenvalue weighted by atomic mass is 9.82. The van der Waals surface area contributed by atoms with E-state index in [-0.39, 0.29) is 37.1 Å². The van der Waals surface area contributed by atoms with Crippen LogP contribution in [0.3, 0.4) is 0 Å². The van der Waals surface area contributed by atoms with Gasteiger partial charge in [-0.05, 0) is 44.8 Å². The van der Waals surface area contributed by atoms with E-state index in [4.69, 9.17) is 9.84 Å². The molecule has 1 aliphatic carbocycles. The van der Waals surface area contributed by atoms with Crippen LogP contribution in [0.1, 0.15) is 44.9 Å². The number of thioether (sulfide) groups is 1. The van der Waals surface area contributed by atoms with Crippen LogP contribution in [0.25, 0.3) is 0 Å². The Morgan fingerprint density at radius 1 is 1.08 bits per heavy atom. The maximum Gasteiger partial charge on any atom is 0.355 e. The summed E-state index contributed by atoms with van der Waals surface area (Å²) >= 11 is -0.187. The molecule has 0 amide bonds. The molecule has 9 heteroatoms. The number of carbonyl (C=O) groups is 2. The van der Waals surface area contributed by atoms with Crippen LogP contribution in [0, 0.1) is 11.8 Å². The van der Waals surface area contributed by atoms with E-state index in [9.17, 15) is 27.2 Å². The lowest BCUT2D eigenvalue weighted by Gasteiger charge is -2.25. The third-order valence-electron chi connectivity index (χ3n) is 4.22. The Labute approximate surface area is 142 Å². The van der Waals surface area contributed by atoms with Gasteiger partial charge in [0.1, 0.15) is 0 Å². The number of ether oxygens (including phenoxy) is 1. The highest BCUT2D eigenvalue weighted by Crippen LogP contribution is 2.44. The van der Waals surface area contributed by atoms with Crippen LogP contribution in [0.2, 0.25) is 0 Å². The molecule has 24 heavy (non-hydrogen) atoms. The highest BCUT2D eigenvalue weighted by Gasteiger charge is 2.54. The molecular weight excluding hydrogens is 352 g/mol. The molecular formula is C15H22F4O4S. The summed E-state index contributed by atoms with van der Waals surface area (Å²) in [5.74, 6) is -6.24. The predicted molar refractivity (Wildman–Crippen MR) is 81.3 cm³/mol. The van der Waals surface area contributed by atoms with Gasteiger partial charge in [0, 0.05) is 6.42 Å². The van der Waals surface area contributed by atoms with Crippen LogP contribution < -0.4 is 0 Å². The van der Waals surface area contributed by atoms with Crippen LogP contribution in [0.5, 0.6) is 0 Å². The number of carboxylic acids is 1. The number of carbonyl (C=O) groups excluding carboxylic acids is 1. The van der Waals surface area contributed by atoms with Crippen LogP contribution in [-0.4, -0.2) is 41.1 Å². The second-order valence-corrected chi connectivity index (χ2v) is 6.86. The lowest BCUT2D eigenvalue weighted by Crippen LogP contribution is -2.37. The second kappa shape index (κ2) is 8.92. The molecule has 0 aromatic heterocycles. The van der Waals surface area contributed by atoms with E-state index in [1.807, 2.05) is 0 Å². The molecule has 1 rings (SSSR count). The molecule has 0 aromatic rings. The van der Waals surface area contributed by atoms with Gasteiger partial charge in [0.05, 0.1) is 18.4 Å². The van der Waals surface area contributed by atoms with Gasteiger partial charge in [-0.2, -0.15) is 17.6 Å². The summed E-state index contributed by atoms with van der Waals surface area (Å²) in [5.41, 5.74) is 0. The fraction of sp³-hybridized carbons (Fsp3) is 0.867. The topological polar surface area (TPSA) is 63.6 Å². The molecule has 0 saturated heterocycles. The summed E-state index contributed by atoms with van der Waals surface area (Å²) in [6.07, 6.45) is 1.52. The SMILES string of the molecule is CSC(F)(F)C(F)(F)CCCCOC(=O)C1CCC(C(=O)O)CC1. The van der Waals surface area contributed by atoms with E-state index in [0.29, 0.717) is 25.7 Å². The van der Waals surface area contributed by atoms with Crippen molar-refractivity contribution in [1.29, 1.82) is 0 Å². The first-order valence-electron chi connectivity index (χ1n) is 7.81. The van der Waals surface area contributed by atoms with Gasteiger partial charge in [0.2, 0.25) is 0 Å². The fourth-order valence-corrected chi connectivity index (χ4v) is 3.01. The lowest BCUT2D eigenvalue weighted by molar-refractivity contribution is -0.158. The monoisotopic (exact) mass is 374 g/mol. The van der Waals surface area contributed by atoms with Crippen LogP contribution in [0.15, 0.2) is 0 Å². The molecule has 0 heterocycles. The molecule has 4 nitrogen and oxygen atoms in total. The Balaban J connectivity index is 2.22. The minimum Gasteiger partial charge on any atom is -0.481 e. The summed E-state index contributed by atoms with van der Waals surface area (Å²) in [6, 6.07) is 0. The molecule has 0 aliphatic heterocycles. The molecule has 0 spiro atoms. The van der Waals surface area contributed by atoms with Gasteiger partial charge < -0.3 is 9.84 Å². The number of carboxylic acid groups (broad SMARTS) is 1. The van der Waals surface area contributed by atoms with Gasteiger partial charge in [-0.25, -0.2) is 0 Å². The van der Waals surface area contributed by atoms with Gasteiger partial charge in [0.25, 0.3) is 0 Å². The van der Waals surface area contributed by atoms with Crippen molar-refractivity contribution in [3.05, 3.63) is 0 Å². The van der Waals surface area contributed by atoms with E-state index in [0.717, 1.165) is 6.26 Å². The molecule has 1 N–H and O–H groups in total. The maximum absolute atomic E-state index is 13.3. The largest absolute Gasteiger partial charge is 0.481 e. The molecule has 0 radical (unpaired) electrons. The van der Waals surface area contributed by atoms with Crippen molar-refractivity contribution in [2.24, 2.45) is 11.8 Å². The molecule has 0 unspecified atom stereocenters. The Morgan fingerprint density at radius 2 is 1.62 bits per heavy atom. The summed E-state index contributed by atoms with van der Waals surface area (Å²) in [4.78, 5) is 22.6. The second-order valence-electron chi connectivity index (χ2n) is 5.94. The normalized spacial score (nSPS) is 22.2. The Hall–Kier alpha value is -0.990. The van der Waals surface area contributed by atoms with E-state index >= 15 is 0 Å². The van der Waals surface area contributed by atoms with Crippen molar-refractivity contribution in [2.45, 2.75) is 56.1 Å². The number of hydrogen-bond acceptors (Lipinski definition) is 4. The zero-order valence-corrected chi connectivity index (χ0v) is 14.2. The zero-order chi connectivity index (χ0) is 18.4. The number of hydrogen-bond donors (Lipinski definition) is 1. The Morgan fingerprint density at radius 3 is 2.12 bits per heavy atom. The number of rotatable bonds is 9. The van der Waals surface area contributed by atoms with Gasteiger partial charge in [-0.15, -0.1) is 0 Å². The van der Waals surface area contributed by atoms with Crippen molar-refractivity contribution in [2.75, 3.05) is 12.9 Å². The van der Waals surface area contributed by atoms with Crippen molar-refractivity contribution < 1.29 is 37.0 Å². The third kappa shape index (κ3) is 5.82. The predicted octanol–water partition coefficient (Wildman–Crippen LogP) is 4.18. The Kier molecular flexibility index (Phi) is 7.82. The molecule has 1 aliphatic rings. The summed E-state index contributed by atoms with van der Waals surface area (Å²) in [7, 11) is 0. The van der Waals surface area contributed by atoms with Gasteiger partial charge in [0.15, 0.2) is 0 Å². The van der Waals surface area contributed by atoms with Crippen molar-refractivity contribution in [1.82, 2.24) is 0 Å². The standard InChI is InChI=1S/C15H22F4O4S/c1-24-15(18,19)14(16,17)8-2-3-9-23-13(22)11-6-4-10(5-7-11)12(20)21/h10-11H,2-9H2,1H3,(H,20,21). The van der Waals surface area contributed by atoms with Crippen molar-refractivity contribution >= 4 is 23.7 Å². The van der Waals surface area contributed by atoms with Gasteiger partial charge in [-0.3, -0.25) is 9.59 Å². The summed E-state index contributed by atoms with van der Waals surface area (Å²) in [6.45, 7) is -0.0986. The van der Waals surface area contributed by atoms with Crippen molar-refractivity contribution in [3.63, 3.8) is 0 Å². The quantitative estimate of drug-likeness (QED) is 0.373. The van der Waals surface area contributed by atoms with Crippen LogP contribution in [0.4, 0.5) is 17.6 Å². The number of alkyl halides is 4. The molecule has 0 atom stereocenters. The van der Waals surface area contributed by atoms with Gasteiger partial charge in [-0.1, -0.05) is 11.8 Å². The minimum atomic E-state index is -4.10. The molecule has 0 bridgehead atoms. The molecule has 0 aromatic carbocycles. The van der Waals surface area contributed by atoms with E-state index < -0.39 is 35.5 Å². The average molecular weight is 374 g/mol. The third-order valence-corrected chi connectivity index (χ3v) is 5.03. The fourth-order valence-electron chi connectivity index (χ4n) is 2.61. The van der Waals surface area contributed by atoms with E-state index in [2.05, 4.69) is 0 Å². The smallest absolute Gasteiger partial charge is 0.355 e. The maximum atomic E-state index is 13.3. The van der Waals surface area contributed by atoms with E-state index in [1.165, 1.54) is 0 Å². The van der Waals surface area contributed by atoms with Crippen LogP contribution in [-0.2, 0) is 14.3 Å². The van der Waals surface area contributed by atoms with Gasteiger partial charge >= 0.3 is 23.1 Å². The zero-order valence-electron chi connectivity index (χ0n) is 13.4. The minimum absolute atomic E-state index is 0.0796. The van der Waals surface area contributed by atoms with Crippen molar-refractivity contribution in [3.8, 4) is 0 Å². The molecule has 1 fully saturated rings. The number of esters is 1. The van der Waals surface area contributed by atoms with Crippen LogP contribution >= 0.6 is 11.8 Å². The Bertz CT molecular complexity index is 437. The first-order valence-corrected chi connectivity index (χ1v) is 9.03. The highest BCUT2D eigenvalue weighted by molar-refractivity contribution is 7.99. The molecule has 140 valence electrons.